The van der Waals surface area contributed by atoms with Crippen LogP contribution < -0.4 is 10.9 Å². The van der Waals surface area contributed by atoms with Crippen LogP contribution in [0.4, 0.5) is 5.69 Å². The summed E-state index contributed by atoms with van der Waals surface area (Å²) in [7, 11) is 0. The zero-order chi connectivity index (χ0) is 11.4. The van der Waals surface area contributed by atoms with E-state index in [-0.39, 0.29) is 5.91 Å². The Morgan fingerprint density at radius 3 is 2.56 bits per heavy atom. The van der Waals surface area contributed by atoms with Gasteiger partial charge in [-0.05, 0) is 36.1 Å². The number of carbonyl (C=O) groups excluding carboxylic acids is 1. The lowest BCUT2D eigenvalue weighted by Gasteiger charge is -2.07. The lowest BCUT2D eigenvalue weighted by molar-refractivity contribution is 0.0966. The van der Waals surface area contributed by atoms with E-state index in [9.17, 15) is 4.79 Å². The third-order valence-corrected chi connectivity index (χ3v) is 3.18. The van der Waals surface area contributed by atoms with Crippen LogP contribution >= 0.6 is 11.3 Å². The van der Waals surface area contributed by atoms with E-state index in [1.54, 1.807) is 0 Å². The van der Waals surface area contributed by atoms with Crippen molar-refractivity contribution in [1.29, 1.82) is 0 Å². The van der Waals surface area contributed by atoms with Gasteiger partial charge in [-0.1, -0.05) is 18.2 Å². The first-order chi connectivity index (χ1) is 7.77. The maximum atomic E-state index is 11.7. The monoisotopic (exact) mass is 232 g/mol. The summed E-state index contributed by atoms with van der Waals surface area (Å²) in [5, 5.41) is 1.91. The van der Waals surface area contributed by atoms with Gasteiger partial charge in [-0.25, -0.2) is 0 Å². The molecule has 16 heavy (non-hydrogen) atoms. The normalized spacial score (nSPS) is 9.81. The lowest BCUT2D eigenvalue weighted by Crippen LogP contribution is -2.29. The van der Waals surface area contributed by atoms with E-state index in [0.29, 0.717) is 0 Å². The van der Waals surface area contributed by atoms with Gasteiger partial charge in [-0.2, -0.15) is 0 Å². The average Bonchev–Trinajstić information content (AvgIpc) is 2.74. The fourth-order valence-corrected chi connectivity index (χ4v) is 2.13. The Balaban J connectivity index is 1.97. The van der Waals surface area contributed by atoms with Gasteiger partial charge >= 0.3 is 0 Å². The summed E-state index contributed by atoms with van der Waals surface area (Å²) < 4.78 is 0. The molecule has 2 N–H and O–H groups in total. The summed E-state index contributed by atoms with van der Waals surface area (Å²) in [5.74, 6) is -0.101. The van der Waals surface area contributed by atoms with Crippen molar-refractivity contribution in [2.24, 2.45) is 0 Å². The molecule has 0 saturated carbocycles. The van der Waals surface area contributed by atoms with Crippen LogP contribution in [0, 0.1) is 6.92 Å². The number of rotatable bonds is 3. The van der Waals surface area contributed by atoms with Crippen molar-refractivity contribution in [3.8, 4) is 0 Å². The molecule has 0 fully saturated rings. The molecule has 0 unspecified atom stereocenters. The fraction of sp³-hybridized carbons (Fsp3) is 0.0833. The van der Waals surface area contributed by atoms with Gasteiger partial charge in [-0.15, -0.1) is 11.3 Å². The first-order valence-corrected chi connectivity index (χ1v) is 5.81. The minimum Gasteiger partial charge on any atom is -0.298 e. The van der Waals surface area contributed by atoms with Crippen molar-refractivity contribution in [1.82, 2.24) is 5.43 Å². The van der Waals surface area contributed by atoms with Gasteiger partial charge in [0.25, 0.3) is 5.91 Å². The first kappa shape index (κ1) is 10.7. The van der Waals surface area contributed by atoms with Crippen LogP contribution in [0.5, 0.6) is 0 Å². The Morgan fingerprint density at radius 1 is 1.19 bits per heavy atom. The van der Waals surface area contributed by atoms with Crippen LogP contribution in [-0.2, 0) is 0 Å². The predicted octanol–water partition coefficient (Wildman–Crippen LogP) is 2.81. The molecule has 0 atom stereocenters. The predicted molar refractivity (Wildman–Crippen MR) is 66.6 cm³/mol. The third kappa shape index (κ3) is 2.41. The molecule has 4 heteroatoms. The number of hydrazine groups is 1. The van der Waals surface area contributed by atoms with Crippen molar-refractivity contribution in [3.63, 3.8) is 0 Å². The molecule has 0 bridgehead atoms. The molecular weight excluding hydrogens is 220 g/mol. The van der Waals surface area contributed by atoms with Gasteiger partial charge in [0, 0.05) is 0 Å². The molecule has 0 aliphatic carbocycles. The molecule has 1 heterocycles. The van der Waals surface area contributed by atoms with Crippen molar-refractivity contribution >= 4 is 22.9 Å². The number of hydrogen-bond donors (Lipinski definition) is 2. The Labute approximate surface area is 98.1 Å². The van der Waals surface area contributed by atoms with Crippen LogP contribution in [0.3, 0.4) is 0 Å². The number of carbonyl (C=O) groups is 1. The molecule has 2 rings (SSSR count). The second-order valence-electron chi connectivity index (χ2n) is 3.38. The highest BCUT2D eigenvalue weighted by molar-refractivity contribution is 7.12. The van der Waals surface area contributed by atoms with Crippen molar-refractivity contribution in [2.45, 2.75) is 6.92 Å². The van der Waals surface area contributed by atoms with Gasteiger partial charge in [0.15, 0.2) is 0 Å². The van der Waals surface area contributed by atoms with Gasteiger partial charge < -0.3 is 0 Å². The minimum absolute atomic E-state index is 0.101. The number of anilines is 1. The summed E-state index contributed by atoms with van der Waals surface area (Å²) >= 11 is 1.44. The smallest absolute Gasteiger partial charge is 0.279 e. The Hall–Kier alpha value is -1.81. The lowest BCUT2D eigenvalue weighted by atomic mass is 10.3. The molecule has 0 radical (unpaired) electrons. The molecule has 0 aliphatic rings. The number of aryl methyl sites for hydroxylation is 1. The number of para-hydroxylation sites is 1. The number of thiophene rings is 1. The molecule has 1 aromatic carbocycles. The zero-order valence-electron chi connectivity index (χ0n) is 8.86. The molecule has 0 spiro atoms. The minimum atomic E-state index is -0.101. The SMILES string of the molecule is Cc1ccsc1C(=O)NNc1ccccc1. The Kier molecular flexibility index (Phi) is 3.22. The van der Waals surface area contributed by atoms with Crippen LogP contribution in [0.15, 0.2) is 41.8 Å². The van der Waals surface area contributed by atoms with Gasteiger partial charge in [0.1, 0.15) is 0 Å². The number of hydrogen-bond acceptors (Lipinski definition) is 3. The van der Waals surface area contributed by atoms with Crippen LogP contribution in [0.2, 0.25) is 0 Å². The standard InChI is InChI=1S/C12H12N2OS/c1-9-7-8-16-11(9)12(15)14-13-10-5-3-2-4-6-10/h2-8,13H,1H3,(H,14,15). The Bertz CT molecular complexity index is 479. The highest BCUT2D eigenvalue weighted by Crippen LogP contribution is 2.15. The van der Waals surface area contributed by atoms with Crippen molar-refractivity contribution < 1.29 is 4.79 Å². The highest BCUT2D eigenvalue weighted by atomic mass is 32.1. The zero-order valence-corrected chi connectivity index (χ0v) is 9.67. The maximum absolute atomic E-state index is 11.7. The van der Waals surface area contributed by atoms with Gasteiger partial charge in [0.05, 0.1) is 10.6 Å². The summed E-state index contributed by atoms with van der Waals surface area (Å²) in [6, 6.07) is 11.5. The largest absolute Gasteiger partial charge is 0.298 e. The maximum Gasteiger partial charge on any atom is 0.279 e. The molecular formula is C12H12N2OS. The molecule has 0 saturated heterocycles. The van der Waals surface area contributed by atoms with E-state index in [1.165, 1.54) is 11.3 Å². The summed E-state index contributed by atoms with van der Waals surface area (Å²) in [4.78, 5) is 12.5. The molecule has 3 nitrogen and oxygen atoms in total. The fourth-order valence-electron chi connectivity index (χ4n) is 1.31. The molecule has 1 aromatic heterocycles. The quantitative estimate of drug-likeness (QED) is 0.799. The van der Waals surface area contributed by atoms with Crippen LogP contribution in [0.25, 0.3) is 0 Å². The second-order valence-corrected chi connectivity index (χ2v) is 4.29. The Morgan fingerprint density at radius 2 is 1.94 bits per heavy atom. The van der Waals surface area contributed by atoms with Crippen molar-refractivity contribution in [3.05, 3.63) is 52.2 Å². The van der Waals surface area contributed by atoms with E-state index in [0.717, 1.165) is 16.1 Å². The second kappa shape index (κ2) is 4.81. The highest BCUT2D eigenvalue weighted by Gasteiger charge is 2.09. The van der Waals surface area contributed by atoms with Crippen molar-refractivity contribution in [2.75, 3.05) is 5.43 Å². The van der Waals surface area contributed by atoms with Gasteiger partial charge in [0.2, 0.25) is 0 Å². The topological polar surface area (TPSA) is 41.1 Å². The number of nitrogens with one attached hydrogen (secondary N) is 2. The van der Waals surface area contributed by atoms with E-state index in [4.69, 9.17) is 0 Å². The van der Waals surface area contributed by atoms with Crippen LogP contribution in [-0.4, -0.2) is 5.91 Å². The number of amides is 1. The van der Waals surface area contributed by atoms with E-state index >= 15 is 0 Å². The number of benzene rings is 1. The van der Waals surface area contributed by atoms with Crippen LogP contribution in [0.1, 0.15) is 15.2 Å². The summed E-state index contributed by atoms with van der Waals surface area (Å²) in [6.45, 7) is 1.92. The molecule has 0 aliphatic heterocycles. The summed E-state index contributed by atoms with van der Waals surface area (Å²) in [6.07, 6.45) is 0. The average molecular weight is 232 g/mol. The molecule has 1 amide bonds. The third-order valence-electron chi connectivity index (χ3n) is 2.16. The molecule has 2 aromatic rings. The summed E-state index contributed by atoms with van der Waals surface area (Å²) in [5.41, 5.74) is 7.39. The van der Waals surface area contributed by atoms with E-state index in [1.807, 2.05) is 48.7 Å². The van der Waals surface area contributed by atoms with E-state index < -0.39 is 0 Å². The van der Waals surface area contributed by atoms with E-state index in [2.05, 4.69) is 10.9 Å². The first-order valence-electron chi connectivity index (χ1n) is 4.93. The van der Waals surface area contributed by atoms with Gasteiger partial charge in [-0.3, -0.25) is 15.6 Å². The molecule has 82 valence electrons.